The molecule has 9 nitrogen and oxygen atoms in total. The number of nitrogens with zero attached hydrogens (tertiary/aromatic N) is 3. The first-order valence-electron chi connectivity index (χ1n) is 11.0. The van der Waals surface area contributed by atoms with Crippen LogP contribution in [-0.2, 0) is 14.8 Å². The molecule has 1 rings (SSSR count). The van der Waals surface area contributed by atoms with E-state index in [-0.39, 0.29) is 41.9 Å². The number of hydrogen-bond acceptors (Lipinski definition) is 5. The summed E-state index contributed by atoms with van der Waals surface area (Å²) in [5.41, 5.74) is -0.525. The van der Waals surface area contributed by atoms with Crippen LogP contribution < -0.4 is 10.6 Å². The summed E-state index contributed by atoms with van der Waals surface area (Å²) in [6.45, 7) is 14.6. The maximum atomic E-state index is 12.4. The predicted octanol–water partition coefficient (Wildman–Crippen LogP) is 2.62. The van der Waals surface area contributed by atoms with Crippen molar-refractivity contribution in [2.75, 3.05) is 45.0 Å². The van der Waals surface area contributed by atoms with E-state index in [1.54, 1.807) is 16.1 Å². The van der Waals surface area contributed by atoms with Gasteiger partial charge in [-0.3, -0.25) is 4.99 Å². The van der Waals surface area contributed by atoms with E-state index < -0.39 is 15.6 Å². The highest BCUT2D eigenvalue weighted by Gasteiger charge is 2.27. The minimum absolute atomic E-state index is 0. The van der Waals surface area contributed by atoms with Crippen molar-refractivity contribution in [3.8, 4) is 0 Å². The second-order valence-electron chi connectivity index (χ2n) is 8.45. The summed E-state index contributed by atoms with van der Waals surface area (Å²) in [5, 5.41) is 6.63. The summed E-state index contributed by atoms with van der Waals surface area (Å²) < 4.78 is 31.1. The number of guanidine groups is 1. The van der Waals surface area contributed by atoms with Gasteiger partial charge < -0.3 is 20.3 Å². The highest BCUT2D eigenvalue weighted by molar-refractivity contribution is 14.0. The first kappa shape index (κ1) is 30.2. The van der Waals surface area contributed by atoms with E-state index in [4.69, 9.17) is 4.74 Å². The third-order valence-corrected chi connectivity index (χ3v) is 6.56. The average molecular weight is 576 g/mol. The SMILES string of the molecule is CCCN(CCN=C(NCC)NC1CCN(S(=O)(=O)CC)CC1)C(=O)OC(C)(C)C.I. The van der Waals surface area contributed by atoms with Crippen LogP contribution in [0.15, 0.2) is 4.99 Å². The van der Waals surface area contributed by atoms with Gasteiger partial charge in [0.1, 0.15) is 5.60 Å². The van der Waals surface area contributed by atoms with Crippen LogP contribution in [0.1, 0.15) is 60.8 Å². The van der Waals surface area contributed by atoms with Crippen molar-refractivity contribution in [2.45, 2.75) is 72.4 Å². The number of amides is 1. The van der Waals surface area contributed by atoms with E-state index in [0.29, 0.717) is 38.7 Å². The van der Waals surface area contributed by atoms with Gasteiger partial charge >= 0.3 is 6.09 Å². The first-order chi connectivity index (χ1) is 14.0. The van der Waals surface area contributed by atoms with Crippen LogP contribution in [0.3, 0.4) is 0 Å². The van der Waals surface area contributed by atoms with Crippen LogP contribution in [-0.4, -0.2) is 86.3 Å². The minimum Gasteiger partial charge on any atom is -0.444 e. The quantitative estimate of drug-likeness (QED) is 0.249. The number of sulfonamides is 1. The third-order valence-electron chi connectivity index (χ3n) is 4.68. The highest BCUT2D eigenvalue weighted by atomic mass is 127. The molecule has 1 fully saturated rings. The predicted molar refractivity (Wildman–Crippen MR) is 137 cm³/mol. The lowest BCUT2D eigenvalue weighted by Crippen LogP contribution is -2.50. The van der Waals surface area contributed by atoms with E-state index in [9.17, 15) is 13.2 Å². The Morgan fingerprint density at radius 1 is 1.16 bits per heavy atom. The molecule has 2 N–H and O–H groups in total. The number of halogens is 1. The third kappa shape index (κ3) is 11.6. The summed E-state index contributed by atoms with van der Waals surface area (Å²) in [6, 6.07) is 0.170. The number of hydrogen-bond donors (Lipinski definition) is 2. The maximum Gasteiger partial charge on any atom is 0.410 e. The zero-order valence-corrected chi connectivity index (χ0v) is 23.1. The van der Waals surface area contributed by atoms with Crippen molar-refractivity contribution >= 4 is 46.1 Å². The normalized spacial score (nSPS) is 16.4. The van der Waals surface area contributed by atoms with E-state index >= 15 is 0 Å². The molecule has 0 bridgehead atoms. The van der Waals surface area contributed by atoms with E-state index in [1.807, 2.05) is 34.6 Å². The fourth-order valence-corrected chi connectivity index (χ4v) is 4.28. The largest absolute Gasteiger partial charge is 0.444 e. The van der Waals surface area contributed by atoms with Gasteiger partial charge in [0.05, 0.1) is 12.3 Å². The number of aliphatic imine (C=N–C) groups is 1. The molecule has 0 atom stereocenters. The van der Waals surface area contributed by atoms with E-state index in [0.717, 1.165) is 25.8 Å². The Kier molecular flexibility index (Phi) is 14.0. The Morgan fingerprint density at radius 3 is 2.26 bits per heavy atom. The second-order valence-corrected chi connectivity index (χ2v) is 10.7. The molecule has 0 aromatic carbocycles. The van der Waals surface area contributed by atoms with Crippen molar-refractivity contribution in [2.24, 2.45) is 4.99 Å². The van der Waals surface area contributed by atoms with Gasteiger partial charge in [-0.15, -0.1) is 24.0 Å². The monoisotopic (exact) mass is 575 g/mol. The second kappa shape index (κ2) is 14.4. The van der Waals surface area contributed by atoms with Crippen LogP contribution in [0.25, 0.3) is 0 Å². The molecule has 0 aromatic rings. The van der Waals surface area contributed by atoms with Crippen molar-refractivity contribution < 1.29 is 17.9 Å². The Balaban J connectivity index is 0.00000900. The molecule has 11 heteroatoms. The van der Waals surface area contributed by atoms with Crippen molar-refractivity contribution in [1.82, 2.24) is 19.8 Å². The molecular formula is C20H42IN5O4S. The molecule has 31 heavy (non-hydrogen) atoms. The Bertz CT molecular complexity index is 659. The van der Waals surface area contributed by atoms with Gasteiger partial charge in [0.15, 0.2) is 5.96 Å². The molecular weight excluding hydrogens is 533 g/mol. The van der Waals surface area contributed by atoms with Crippen LogP contribution in [0.5, 0.6) is 0 Å². The van der Waals surface area contributed by atoms with Gasteiger partial charge in [0.25, 0.3) is 0 Å². The average Bonchev–Trinajstić information content (AvgIpc) is 2.66. The standard InChI is InChI=1S/C20H41N5O4S.HI/c1-7-13-24(19(26)29-20(4,5)6)16-12-22-18(21-8-2)23-17-10-14-25(15-11-17)30(27,28)9-3;/h17H,7-16H2,1-6H3,(H2,21,22,23);1H. The number of piperidine rings is 1. The molecule has 1 saturated heterocycles. The van der Waals surface area contributed by atoms with Gasteiger partial charge in [-0.1, -0.05) is 6.92 Å². The van der Waals surface area contributed by atoms with Crippen molar-refractivity contribution in [3.05, 3.63) is 0 Å². The lowest BCUT2D eigenvalue weighted by molar-refractivity contribution is 0.0256. The molecule has 0 saturated carbocycles. The lowest BCUT2D eigenvalue weighted by Gasteiger charge is -2.32. The number of rotatable bonds is 9. The van der Waals surface area contributed by atoms with Crippen LogP contribution in [0.2, 0.25) is 0 Å². The Hall–Kier alpha value is -0.820. The zero-order valence-electron chi connectivity index (χ0n) is 19.9. The van der Waals surface area contributed by atoms with Gasteiger partial charge in [-0.25, -0.2) is 17.5 Å². The summed E-state index contributed by atoms with van der Waals surface area (Å²) in [6.07, 6.45) is 2.01. The summed E-state index contributed by atoms with van der Waals surface area (Å²) in [5.74, 6) is 0.830. The lowest BCUT2D eigenvalue weighted by atomic mass is 10.1. The number of carbonyl (C=O) groups excluding carboxylic acids is 1. The topological polar surface area (TPSA) is 103 Å². The van der Waals surface area contributed by atoms with Crippen molar-refractivity contribution in [3.63, 3.8) is 0 Å². The Morgan fingerprint density at radius 2 is 1.77 bits per heavy atom. The summed E-state index contributed by atoms with van der Waals surface area (Å²) in [4.78, 5) is 18.7. The van der Waals surface area contributed by atoms with Crippen molar-refractivity contribution in [1.29, 1.82) is 0 Å². The minimum atomic E-state index is -3.12. The van der Waals surface area contributed by atoms with E-state index in [1.165, 1.54) is 0 Å². The maximum absolute atomic E-state index is 12.4. The van der Waals surface area contributed by atoms with Crippen LogP contribution in [0.4, 0.5) is 4.79 Å². The van der Waals surface area contributed by atoms with Crippen LogP contribution in [0, 0.1) is 0 Å². The Labute approximate surface area is 205 Å². The molecule has 0 radical (unpaired) electrons. The molecule has 0 aliphatic carbocycles. The molecule has 0 aromatic heterocycles. The van der Waals surface area contributed by atoms with Gasteiger partial charge in [-0.2, -0.15) is 0 Å². The number of ether oxygens (including phenoxy) is 1. The molecule has 1 aliphatic heterocycles. The zero-order chi connectivity index (χ0) is 22.8. The molecule has 0 unspecified atom stereocenters. The van der Waals surface area contributed by atoms with Gasteiger partial charge in [0, 0.05) is 38.8 Å². The number of carbonyl (C=O) groups is 1. The molecule has 1 heterocycles. The fraction of sp³-hybridized carbons (Fsp3) is 0.900. The summed E-state index contributed by atoms with van der Waals surface area (Å²) >= 11 is 0. The fourth-order valence-electron chi connectivity index (χ4n) is 3.15. The molecule has 1 aliphatic rings. The number of nitrogens with one attached hydrogen (secondary N) is 2. The van der Waals surface area contributed by atoms with Gasteiger partial charge in [-0.05, 0) is 53.9 Å². The summed E-state index contributed by atoms with van der Waals surface area (Å²) in [7, 11) is -3.12. The van der Waals surface area contributed by atoms with E-state index in [2.05, 4.69) is 15.6 Å². The highest BCUT2D eigenvalue weighted by Crippen LogP contribution is 2.14. The smallest absolute Gasteiger partial charge is 0.410 e. The molecule has 184 valence electrons. The molecule has 1 amide bonds. The molecule has 0 spiro atoms. The first-order valence-corrected chi connectivity index (χ1v) is 12.6. The van der Waals surface area contributed by atoms with Crippen LogP contribution >= 0.6 is 24.0 Å². The van der Waals surface area contributed by atoms with Gasteiger partial charge in [0.2, 0.25) is 10.0 Å².